The van der Waals surface area contributed by atoms with Crippen LogP contribution in [0.15, 0.2) is 42.5 Å². The number of benzene rings is 2. The van der Waals surface area contributed by atoms with E-state index in [2.05, 4.69) is 5.32 Å². The van der Waals surface area contributed by atoms with Crippen molar-refractivity contribution < 1.29 is 23.4 Å². The van der Waals surface area contributed by atoms with E-state index in [9.17, 15) is 9.18 Å². The van der Waals surface area contributed by atoms with E-state index in [1.165, 1.54) is 19.2 Å². The quantitative estimate of drug-likeness (QED) is 0.846. The fraction of sp³-hybridized carbons (Fsp3) is 0.278. The maximum Gasteiger partial charge on any atom is 0.251 e. The third-order valence-electron chi connectivity index (χ3n) is 3.35. The predicted octanol–water partition coefficient (Wildman–Crippen LogP) is 3.04. The summed E-state index contributed by atoms with van der Waals surface area (Å²) in [5, 5.41) is 2.76. The van der Waals surface area contributed by atoms with Gasteiger partial charge in [0.15, 0.2) is 11.6 Å². The summed E-state index contributed by atoms with van der Waals surface area (Å²) >= 11 is 0. The van der Waals surface area contributed by atoms with E-state index in [0.29, 0.717) is 5.75 Å². The van der Waals surface area contributed by atoms with Crippen molar-refractivity contribution in [1.82, 2.24) is 5.32 Å². The van der Waals surface area contributed by atoms with Crippen LogP contribution >= 0.6 is 0 Å². The maximum absolute atomic E-state index is 13.6. The van der Waals surface area contributed by atoms with Crippen LogP contribution in [-0.4, -0.2) is 32.8 Å². The number of halogens is 1. The minimum Gasteiger partial charge on any atom is -0.497 e. The molecular weight excluding hydrogens is 313 g/mol. The number of ether oxygens (including phenoxy) is 3. The Hall–Kier alpha value is -2.76. The molecule has 0 radical (unpaired) electrons. The summed E-state index contributed by atoms with van der Waals surface area (Å²) in [6, 6.07) is 11.0. The first kappa shape index (κ1) is 17.6. The van der Waals surface area contributed by atoms with Gasteiger partial charge in [0.05, 0.1) is 20.3 Å². The number of hydrogen-bond donors (Lipinski definition) is 1. The second-order valence-electron chi connectivity index (χ2n) is 5.21. The summed E-state index contributed by atoms with van der Waals surface area (Å²) in [5.74, 6) is 0.565. The monoisotopic (exact) mass is 333 g/mol. The first-order valence-corrected chi connectivity index (χ1v) is 7.44. The summed E-state index contributed by atoms with van der Waals surface area (Å²) in [5.41, 5.74) is 0.226. The number of carbonyl (C=O) groups is 1. The largest absolute Gasteiger partial charge is 0.497 e. The van der Waals surface area contributed by atoms with Gasteiger partial charge in [-0.25, -0.2) is 4.39 Å². The maximum atomic E-state index is 13.6. The smallest absolute Gasteiger partial charge is 0.251 e. The van der Waals surface area contributed by atoms with Gasteiger partial charge in [0.25, 0.3) is 5.91 Å². The normalized spacial score (nSPS) is 11.5. The molecule has 0 spiro atoms. The van der Waals surface area contributed by atoms with Crippen LogP contribution in [-0.2, 0) is 0 Å². The van der Waals surface area contributed by atoms with Crippen molar-refractivity contribution in [3.8, 4) is 17.2 Å². The second kappa shape index (κ2) is 8.19. The van der Waals surface area contributed by atoms with Crippen molar-refractivity contribution in [1.29, 1.82) is 0 Å². The molecule has 5 nitrogen and oxygen atoms in total. The molecule has 0 aliphatic carbocycles. The fourth-order valence-corrected chi connectivity index (χ4v) is 2.05. The van der Waals surface area contributed by atoms with Gasteiger partial charge in [-0.15, -0.1) is 0 Å². The number of hydrogen-bond acceptors (Lipinski definition) is 4. The van der Waals surface area contributed by atoms with Crippen LogP contribution in [0.25, 0.3) is 0 Å². The van der Waals surface area contributed by atoms with E-state index in [-0.39, 0.29) is 29.9 Å². The molecule has 0 aliphatic rings. The lowest BCUT2D eigenvalue weighted by atomic mass is 10.2. The Bertz CT molecular complexity index is 688. The molecular formula is C18H20FNO4. The molecule has 0 saturated carbocycles. The number of methoxy groups -OCH3 is 2. The standard InChI is InChI=1S/C18H20FNO4/c1-12(11-24-15-7-5-14(22-2)6-8-15)20-18(21)13-4-9-17(23-3)16(19)10-13/h4-10,12H,11H2,1-3H3,(H,20,21). The Morgan fingerprint density at radius 2 is 1.75 bits per heavy atom. The number of rotatable bonds is 7. The summed E-state index contributed by atoms with van der Waals surface area (Å²) in [6.07, 6.45) is 0. The Balaban J connectivity index is 1.87. The van der Waals surface area contributed by atoms with Gasteiger partial charge in [-0.2, -0.15) is 0 Å². The van der Waals surface area contributed by atoms with Crippen LogP contribution in [0.1, 0.15) is 17.3 Å². The van der Waals surface area contributed by atoms with E-state index in [1.54, 1.807) is 38.3 Å². The van der Waals surface area contributed by atoms with Crippen molar-refractivity contribution in [3.05, 3.63) is 53.8 Å². The lowest BCUT2D eigenvalue weighted by Gasteiger charge is -2.15. The summed E-state index contributed by atoms with van der Waals surface area (Å²) in [6.45, 7) is 2.10. The average molecular weight is 333 g/mol. The Morgan fingerprint density at radius 1 is 1.08 bits per heavy atom. The van der Waals surface area contributed by atoms with Crippen LogP contribution in [0.4, 0.5) is 4.39 Å². The molecule has 0 heterocycles. The highest BCUT2D eigenvalue weighted by atomic mass is 19.1. The molecule has 128 valence electrons. The van der Waals surface area contributed by atoms with Gasteiger partial charge < -0.3 is 19.5 Å². The highest BCUT2D eigenvalue weighted by Gasteiger charge is 2.13. The van der Waals surface area contributed by atoms with Crippen molar-refractivity contribution in [2.75, 3.05) is 20.8 Å². The predicted molar refractivity (Wildman–Crippen MR) is 88.4 cm³/mol. The molecule has 1 unspecified atom stereocenters. The number of amides is 1. The van der Waals surface area contributed by atoms with Crippen LogP contribution in [0, 0.1) is 5.82 Å². The van der Waals surface area contributed by atoms with Gasteiger partial charge >= 0.3 is 0 Å². The lowest BCUT2D eigenvalue weighted by molar-refractivity contribution is 0.0926. The zero-order chi connectivity index (χ0) is 17.5. The molecule has 1 amide bonds. The van der Waals surface area contributed by atoms with Crippen molar-refractivity contribution in [2.45, 2.75) is 13.0 Å². The minimum absolute atomic E-state index is 0.0995. The number of carbonyl (C=O) groups excluding carboxylic acids is 1. The fourth-order valence-electron chi connectivity index (χ4n) is 2.05. The first-order valence-electron chi connectivity index (χ1n) is 7.44. The molecule has 0 aliphatic heterocycles. The van der Waals surface area contributed by atoms with E-state index in [4.69, 9.17) is 14.2 Å². The zero-order valence-electron chi connectivity index (χ0n) is 13.8. The van der Waals surface area contributed by atoms with Gasteiger partial charge in [0.1, 0.15) is 18.1 Å². The van der Waals surface area contributed by atoms with E-state index in [1.807, 2.05) is 0 Å². The number of nitrogens with one attached hydrogen (secondary N) is 1. The lowest BCUT2D eigenvalue weighted by Crippen LogP contribution is -2.36. The van der Waals surface area contributed by atoms with Gasteiger partial charge in [-0.3, -0.25) is 4.79 Å². The highest BCUT2D eigenvalue weighted by Crippen LogP contribution is 2.18. The van der Waals surface area contributed by atoms with Gasteiger partial charge in [0.2, 0.25) is 0 Å². The van der Waals surface area contributed by atoms with Gasteiger partial charge in [-0.1, -0.05) is 0 Å². The molecule has 2 aromatic rings. The van der Waals surface area contributed by atoms with Crippen LogP contribution in [0.3, 0.4) is 0 Å². The first-order chi connectivity index (χ1) is 11.5. The SMILES string of the molecule is COc1ccc(OCC(C)NC(=O)c2ccc(OC)c(F)c2)cc1. The topological polar surface area (TPSA) is 56.8 Å². The molecule has 2 aromatic carbocycles. The Morgan fingerprint density at radius 3 is 2.33 bits per heavy atom. The Kier molecular flexibility index (Phi) is 6.01. The second-order valence-corrected chi connectivity index (χ2v) is 5.21. The van der Waals surface area contributed by atoms with E-state index in [0.717, 1.165) is 11.8 Å². The van der Waals surface area contributed by atoms with Crippen molar-refractivity contribution in [2.24, 2.45) is 0 Å². The third-order valence-corrected chi connectivity index (χ3v) is 3.35. The van der Waals surface area contributed by atoms with Gasteiger partial charge in [-0.05, 0) is 49.4 Å². The highest BCUT2D eigenvalue weighted by molar-refractivity contribution is 5.94. The van der Waals surface area contributed by atoms with Crippen LogP contribution in [0.5, 0.6) is 17.2 Å². The third kappa shape index (κ3) is 4.62. The molecule has 0 saturated heterocycles. The van der Waals surface area contributed by atoms with Crippen LogP contribution < -0.4 is 19.5 Å². The Labute approximate surface area is 140 Å². The summed E-state index contributed by atoms with van der Waals surface area (Å²) in [7, 11) is 2.96. The summed E-state index contributed by atoms with van der Waals surface area (Å²) < 4.78 is 29.1. The van der Waals surface area contributed by atoms with Crippen molar-refractivity contribution >= 4 is 5.91 Å². The van der Waals surface area contributed by atoms with E-state index < -0.39 is 5.82 Å². The molecule has 1 N–H and O–H groups in total. The molecule has 24 heavy (non-hydrogen) atoms. The van der Waals surface area contributed by atoms with Gasteiger partial charge in [0, 0.05) is 5.56 Å². The molecule has 1 atom stereocenters. The molecule has 0 fully saturated rings. The summed E-state index contributed by atoms with van der Waals surface area (Å²) in [4.78, 5) is 12.1. The molecule has 2 rings (SSSR count). The van der Waals surface area contributed by atoms with Crippen LogP contribution in [0.2, 0.25) is 0 Å². The molecule has 0 aromatic heterocycles. The van der Waals surface area contributed by atoms with Crippen molar-refractivity contribution in [3.63, 3.8) is 0 Å². The van der Waals surface area contributed by atoms with E-state index >= 15 is 0 Å². The zero-order valence-corrected chi connectivity index (χ0v) is 13.8. The molecule has 6 heteroatoms. The minimum atomic E-state index is -0.577. The molecule has 0 bridgehead atoms. The average Bonchev–Trinajstić information content (AvgIpc) is 2.60.